The SMILES string of the molecule is CC(C)COc1ccc(CC(N)=O)cc1.O=C(O)C(=O)O. The van der Waals surface area contributed by atoms with Crippen LogP contribution in [0.4, 0.5) is 0 Å². The standard InChI is InChI=1S/C12H17NO2.C2H2O4/c1-9(2)8-15-11-5-3-10(4-6-11)7-12(13)14;3-1(4)2(5)6/h3-6,9H,7-8H2,1-2H3,(H2,13,14);(H,3,4)(H,5,6). The first-order valence-electron chi connectivity index (χ1n) is 6.18. The summed E-state index contributed by atoms with van der Waals surface area (Å²) < 4.78 is 5.51. The molecule has 7 nitrogen and oxygen atoms in total. The zero-order valence-corrected chi connectivity index (χ0v) is 11.9. The van der Waals surface area contributed by atoms with Crippen molar-refractivity contribution in [3.05, 3.63) is 29.8 Å². The molecule has 1 aromatic rings. The number of aliphatic carboxylic acids is 2. The van der Waals surface area contributed by atoms with E-state index in [9.17, 15) is 4.79 Å². The minimum absolute atomic E-state index is 0.282. The lowest BCUT2D eigenvalue weighted by molar-refractivity contribution is -0.159. The average molecular weight is 297 g/mol. The fraction of sp³-hybridized carbons (Fsp3) is 0.357. The third-order valence-corrected chi connectivity index (χ3v) is 2.07. The van der Waals surface area contributed by atoms with Gasteiger partial charge in [-0.05, 0) is 23.6 Å². The van der Waals surface area contributed by atoms with Gasteiger partial charge in [-0.25, -0.2) is 9.59 Å². The van der Waals surface area contributed by atoms with Gasteiger partial charge in [-0.2, -0.15) is 0 Å². The minimum Gasteiger partial charge on any atom is -0.493 e. The third-order valence-electron chi connectivity index (χ3n) is 2.07. The number of carbonyl (C=O) groups is 3. The minimum atomic E-state index is -1.82. The maximum absolute atomic E-state index is 10.7. The van der Waals surface area contributed by atoms with Gasteiger partial charge in [-0.1, -0.05) is 26.0 Å². The normalized spacial score (nSPS) is 9.48. The molecule has 0 bridgehead atoms. The highest BCUT2D eigenvalue weighted by molar-refractivity contribution is 6.27. The van der Waals surface area contributed by atoms with E-state index in [2.05, 4.69) is 13.8 Å². The number of carboxylic acids is 2. The number of hydrogen-bond acceptors (Lipinski definition) is 4. The lowest BCUT2D eigenvalue weighted by Gasteiger charge is -2.08. The molecule has 0 radical (unpaired) electrons. The van der Waals surface area contributed by atoms with Crippen LogP contribution >= 0.6 is 0 Å². The molecule has 0 saturated heterocycles. The van der Waals surface area contributed by atoms with E-state index in [1.165, 1.54) is 0 Å². The zero-order valence-electron chi connectivity index (χ0n) is 11.9. The number of rotatable bonds is 5. The van der Waals surface area contributed by atoms with E-state index in [4.69, 9.17) is 30.3 Å². The quantitative estimate of drug-likeness (QED) is 0.693. The molecule has 0 spiro atoms. The second-order valence-corrected chi connectivity index (χ2v) is 4.60. The monoisotopic (exact) mass is 297 g/mol. The van der Waals surface area contributed by atoms with Crippen molar-refractivity contribution >= 4 is 17.8 Å². The Kier molecular flexibility index (Phi) is 8.21. The molecule has 0 atom stereocenters. The summed E-state index contributed by atoms with van der Waals surface area (Å²) in [5, 5.41) is 14.8. The second kappa shape index (κ2) is 9.35. The van der Waals surface area contributed by atoms with Crippen molar-refractivity contribution in [2.24, 2.45) is 11.7 Å². The Labute approximate surface area is 122 Å². The highest BCUT2D eigenvalue weighted by atomic mass is 16.5. The molecule has 0 unspecified atom stereocenters. The molecule has 7 heteroatoms. The first kappa shape index (κ1) is 18.4. The van der Waals surface area contributed by atoms with Crippen LogP contribution in [0.25, 0.3) is 0 Å². The lowest BCUT2D eigenvalue weighted by Crippen LogP contribution is -2.13. The van der Waals surface area contributed by atoms with Crippen LogP contribution in [0.15, 0.2) is 24.3 Å². The van der Waals surface area contributed by atoms with Crippen LogP contribution in [0.2, 0.25) is 0 Å². The number of carboxylic acid groups (broad SMARTS) is 2. The van der Waals surface area contributed by atoms with Gasteiger partial charge in [0.1, 0.15) is 5.75 Å². The van der Waals surface area contributed by atoms with Crippen molar-refractivity contribution in [1.82, 2.24) is 0 Å². The Morgan fingerprint density at radius 3 is 1.90 bits per heavy atom. The van der Waals surface area contributed by atoms with Gasteiger partial charge in [0.25, 0.3) is 0 Å². The molecule has 1 rings (SSSR count). The van der Waals surface area contributed by atoms with Gasteiger partial charge in [0, 0.05) is 0 Å². The Hall–Kier alpha value is -2.57. The summed E-state index contributed by atoms with van der Waals surface area (Å²) in [4.78, 5) is 28.9. The number of primary amides is 1. The van der Waals surface area contributed by atoms with Gasteiger partial charge in [-0.3, -0.25) is 4.79 Å². The molecule has 0 aliphatic rings. The summed E-state index contributed by atoms with van der Waals surface area (Å²) in [6, 6.07) is 7.45. The summed E-state index contributed by atoms with van der Waals surface area (Å²) in [5.74, 6) is -2.62. The Balaban J connectivity index is 0.000000567. The summed E-state index contributed by atoms with van der Waals surface area (Å²) >= 11 is 0. The number of carbonyl (C=O) groups excluding carboxylic acids is 1. The van der Waals surface area contributed by atoms with E-state index in [-0.39, 0.29) is 12.3 Å². The highest BCUT2D eigenvalue weighted by Crippen LogP contribution is 2.13. The van der Waals surface area contributed by atoms with E-state index in [0.717, 1.165) is 11.3 Å². The number of benzene rings is 1. The lowest BCUT2D eigenvalue weighted by atomic mass is 10.1. The predicted octanol–water partition coefficient (Wildman–Crippen LogP) is 0.905. The first-order valence-corrected chi connectivity index (χ1v) is 6.18. The molecule has 1 amide bonds. The van der Waals surface area contributed by atoms with Crippen molar-refractivity contribution in [3.63, 3.8) is 0 Å². The van der Waals surface area contributed by atoms with Crippen LogP contribution in [0.1, 0.15) is 19.4 Å². The van der Waals surface area contributed by atoms with Crippen molar-refractivity contribution < 1.29 is 29.3 Å². The predicted molar refractivity (Wildman–Crippen MR) is 74.9 cm³/mol. The highest BCUT2D eigenvalue weighted by Gasteiger charge is 2.04. The van der Waals surface area contributed by atoms with Crippen LogP contribution in [0, 0.1) is 5.92 Å². The van der Waals surface area contributed by atoms with Crippen molar-refractivity contribution in [2.45, 2.75) is 20.3 Å². The van der Waals surface area contributed by atoms with Gasteiger partial charge < -0.3 is 20.7 Å². The van der Waals surface area contributed by atoms with E-state index in [1.807, 2.05) is 24.3 Å². The molecule has 1 aromatic carbocycles. The molecule has 0 aliphatic heterocycles. The topological polar surface area (TPSA) is 127 Å². The summed E-state index contributed by atoms with van der Waals surface area (Å²) in [5.41, 5.74) is 6.01. The summed E-state index contributed by atoms with van der Waals surface area (Å²) in [6.45, 7) is 4.90. The molecule has 0 aromatic heterocycles. The fourth-order valence-electron chi connectivity index (χ4n) is 1.17. The Morgan fingerprint density at radius 1 is 1.10 bits per heavy atom. The van der Waals surface area contributed by atoms with Gasteiger partial charge in [0.15, 0.2) is 0 Å². The Morgan fingerprint density at radius 2 is 1.57 bits per heavy atom. The van der Waals surface area contributed by atoms with Crippen LogP contribution in [0.3, 0.4) is 0 Å². The van der Waals surface area contributed by atoms with Crippen LogP contribution in [0.5, 0.6) is 5.75 Å². The zero-order chi connectivity index (χ0) is 16.4. The smallest absolute Gasteiger partial charge is 0.414 e. The van der Waals surface area contributed by atoms with Gasteiger partial charge in [0.2, 0.25) is 5.91 Å². The van der Waals surface area contributed by atoms with E-state index in [0.29, 0.717) is 12.5 Å². The van der Waals surface area contributed by atoms with Crippen molar-refractivity contribution in [1.29, 1.82) is 0 Å². The van der Waals surface area contributed by atoms with Crippen molar-refractivity contribution in [2.75, 3.05) is 6.61 Å². The molecule has 116 valence electrons. The largest absolute Gasteiger partial charge is 0.493 e. The van der Waals surface area contributed by atoms with E-state index in [1.54, 1.807) is 0 Å². The number of nitrogens with two attached hydrogens (primary N) is 1. The molecule has 21 heavy (non-hydrogen) atoms. The fourth-order valence-corrected chi connectivity index (χ4v) is 1.17. The Bertz CT molecular complexity index is 469. The molecular weight excluding hydrogens is 278 g/mol. The van der Waals surface area contributed by atoms with Crippen molar-refractivity contribution in [3.8, 4) is 5.75 Å². The number of amides is 1. The maximum Gasteiger partial charge on any atom is 0.414 e. The van der Waals surface area contributed by atoms with Gasteiger partial charge in [-0.15, -0.1) is 0 Å². The molecule has 0 aliphatic carbocycles. The maximum atomic E-state index is 10.7. The summed E-state index contributed by atoms with van der Waals surface area (Å²) in [6.07, 6.45) is 0.282. The third kappa shape index (κ3) is 9.94. The molecule has 0 saturated carbocycles. The van der Waals surface area contributed by atoms with E-state index < -0.39 is 11.9 Å². The van der Waals surface area contributed by atoms with Crippen LogP contribution in [-0.2, 0) is 20.8 Å². The van der Waals surface area contributed by atoms with E-state index >= 15 is 0 Å². The first-order chi connectivity index (χ1) is 9.72. The summed E-state index contributed by atoms with van der Waals surface area (Å²) in [7, 11) is 0. The van der Waals surface area contributed by atoms with Crippen LogP contribution < -0.4 is 10.5 Å². The number of ether oxygens (including phenoxy) is 1. The molecule has 4 N–H and O–H groups in total. The van der Waals surface area contributed by atoms with Gasteiger partial charge >= 0.3 is 11.9 Å². The van der Waals surface area contributed by atoms with Gasteiger partial charge in [0.05, 0.1) is 13.0 Å². The molecule has 0 heterocycles. The number of hydrogen-bond donors (Lipinski definition) is 3. The molecule has 0 fully saturated rings. The second-order valence-electron chi connectivity index (χ2n) is 4.60. The average Bonchev–Trinajstić information content (AvgIpc) is 2.37. The van der Waals surface area contributed by atoms with Crippen LogP contribution in [-0.4, -0.2) is 34.7 Å². The molecular formula is C14H19NO6.